The normalized spacial score (nSPS) is 14.2. The van der Waals surface area contributed by atoms with Crippen molar-refractivity contribution in [3.8, 4) is 22.9 Å². The Labute approximate surface area is 182 Å². The van der Waals surface area contributed by atoms with Gasteiger partial charge in [-0.1, -0.05) is 42.5 Å². The van der Waals surface area contributed by atoms with Crippen molar-refractivity contribution in [3.05, 3.63) is 66.2 Å². The third kappa shape index (κ3) is 5.85. The molecule has 1 aromatic heterocycles. The zero-order chi connectivity index (χ0) is 21.3. The molecular weight excluding hydrogens is 392 g/mol. The standard InChI is InChI=1S/C24H26N4O3/c25-17-22-24(26-11-4-12-28-13-15-29-16-14-28)31-23(27-22)18-30-21-9-7-20(8-10-21)19-5-2-1-3-6-19/h1-3,5-10,26H,4,11-16,18H2/p+1. The number of nitrogens with one attached hydrogen (secondary N) is 2. The van der Waals surface area contributed by atoms with Crippen LogP contribution in [0.4, 0.5) is 5.88 Å². The molecule has 1 aliphatic heterocycles. The van der Waals surface area contributed by atoms with Gasteiger partial charge in [0.1, 0.15) is 24.9 Å². The van der Waals surface area contributed by atoms with Crippen molar-refractivity contribution in [3.63, 3.8) is 0 Å². The van der Waals surface area contributed by atoms with Crippen molar-refractivity contribution >= 4 is 5.88 Å². The van der Waals surface area contributed by atoms with E-state index in [1.54, 1.807) is 4.90 Å². The molecule has 2 heterocycles. The van der Waals surface area contributed by atoms with Crippen LogP contribution in [0.15, 0.2) is 59.0 Å². The lowest BCUT2D eigenvalue weighted by Crippen LogP contribution is -3.14. The van der Waals surface area contributed by atoms with Crippen LogP contribution in [-0.4, -0.2) is 44.4 Å². The van der Waals surface area contributed by atoms with E-state index in [1.807, 2.05) is 42.5 Å². The van der Waals surface area contributed by atoms with Crippen LogP contribution in [0.3, 0.4) is 0 Å². The number of rotatable bonds is 9. The highest BCUT2D eigenvalue weighted by molar-refractivity contribution is 5.63. The second-order valence-electron chi connectivity index (χ2n) is 7.47. The maximum absolute atomic E-state index is 9.34. The lowest BCUT2D eigenvalue weighted by molar-refractivity contribution is -0.908. The maximum atomic E-state index is 9.34. The summed E-state index contributed by atoms with van der Waals surface area (Å²) in [6.07, 6.45) is 0.987. The predicted octanol–water partition coefficient (Wildman–Crippen LogP) is 2.51. The summed E-state index contributed by atoms with van der Waals surface area (Å²) in [5.74, 6) is 1.52. The molecule has 1 aliphatic rings. The molecule has 0 aliphatic carbocycles. The number of ether oxygens (including phenoxy) is 2. The highest BCUT2D eigenvalue weighted by atomic mass is 16.5. The van der Waals surface area contributed by atoms with E-state index >= 15 is 0 Å². The molecule has 2 aromatic carbocycles. The summed E-state index contributed by atoms with van der Waals surface area (Å²) in [5.41, 5.74) is 2.55. The molecule has 0 bridgehead atoms. The van der Waals surface area contributed by atoms with Crippen LogP contribution in [0.1, 0.15) is 18.0 Å². The summed E-state index contributed by atoms with van der Waals surface area (Å²) in [7, 11) is 0. The van der Waals surface area contributed by atoms with Crippen molar-refractivity contribution in [2.75, 3.05) is 44.7 Å². The first-order chi connectivity index (χ1) is 15.3. The first-order valence-corrected chi connectivity index (χ1v) is 10.6. The van der Waals surface area contributed by atoms with Crippen LogP contribution in [0.2, 0.25) is 0 Å². The molecule has 3 aromatic rings. The molecule has 160 valence electrons. The van der Waals surface area contributed by atoms with Crippen molar-refractivity contribution in [2.45, 2.75) is 13.0 Å². The van der Waals surface area contributed by atoms with Gasteiger partial charge in [-0.3, -0.25) is 0 Å². The molecule has 0 saturated carbocycles. The number of oxazole rings is 1. The average Bonchev–Trinajstić information content (AvgIpc) is 3.24. The summed E-state index contributed by atoms with van der Waals surface area (Å²) >= 11 is 0. The van der Waals surface area contributed by atoms with E-state index in [2.05, 4.69) is 28.5 Å². The summed E-state index contributed by atoms with van der Waals surface area (Å²) in [5, 5.41) is 12.5. The third-order valence-corrected chi connectivity index (χ3v) is 5.29. The van der Waals surface area contributed by atoms with Crippen molar-refractivity contribution in [2.24, 2.45) is 0 Å². The van der Waals surface area contributed by atoms with Crippen molar-refractivity contribution < 1.29 is 18.8 Å². The van der Waals surface area contributed by atoms with Gasteiger partial charge >= 0.3 is 0 Å². The van der Waals surface area contributed by atoms with Crippen molar-refractivity contribution in [1.29, 1.82) is 5.26 Å². The topological polar surface area (TPSA) is 84.8 Å². The van der Waals surface area contributed by atoms with Gasteiger partial charge in [0.2, 0.25) is 17.5 Å². The monoisotopic (exact) mass is 419 g/mol. The first-order valence-electron chi connectivity index (χ1n) is 10.6. The number of hydrogen-bond donors (Lipinski definition) is 2. The van der Waals surface area contributed by atoms with E-state index in [-0.39, 0.29) is 12.3 Å². The zero-order valence-electron chi connectivity index (χ0n) is 17.5. The SMILES string of the molecule is N#Cc1nc(COc2ccc(-c3ccccc3)cc2)oc1NCCC[NH+]1CCOCC1. The Balaban J connectivity index is 1.27. The van der Waals surface area contributed by atoms with Gasteiger partial charge in [0.05, 0.1) is 19.8 Å². The van der Waals surface area contributed by atoms with Gasteiger partial charge in [0.15, 0.2) is 6.61 Å². The quantitative estimate of drug-likeness (QED) is 0.519. The molecule has 0 spiro atoms. The molecule has 0 radical (unpaired) electrons. The zero-order valence-corrected chi connectivity index (χ0v) is 17.5. The summed E-state index contributed by atoms with van der Waals surface area (Å²) in [6, 6.07) is 20.1. The smallest absolute Gasteiger partial charge is 0.236 e. The molecule has 4 rings (SSSR count). The van der Waals surface area contributed by atoms with Crippen molar-refractivity contribution in [1.82, 2.24) is 4.98 Å². The molecule has 7 heteroatoms. The Kier molecular flexibility index (Phi) is 7.16. The van der Waals surface area contributed by atoms with E-state index in [0.29, 0.717) is 11.8 Å². The minimum Gasteiger partial charge on any atom is -0.484 e. The van der Waals surface area contributed by atoms with Crippen LogP contribution in [0.5, 0.6) is 5.75 Å². The van der Waals surface area contributed by atoms with Gasteiger partial charge < -0.3 is 24.1 Å². The number of anilines is 1. The number of morpholine rings is 1. The number of benzene rings is 2. The molecule has 0 unspecified atom stereocenters. The summed E-state index contributed by atoms with van der Waals surface area (Å²) in [6.45, 7) is 5.75. The minimum atomic E-state index is 0.166. The van der Waals surface area contributed by atoms with Gasteiger partial charge in [0.25, 0.3) is 0 Å². The highest BCUT2D eigenvalue weighted by Crippen LogP contribution is 2.23. The van der Waals surface area contributed by atoms with E-state index in [0.717, 1.165) is 62.7 Å². The van der Waals surface area contributed by atoms with Crippen LogP contribution in [-0.2, 0) is 11.3 Å². The number of hydrogen-bond acceptors (Lipinski definition) is 6. The Morgan fingerprint density at radius 2 is 1.77 bits per heavy atom. The van der Waals surface area contributed by atoms with Crippen LogP contribution in [0.25, 0.3) is 11.1 Å². The molecule has 0 amide bonds. The predicted molar refractivity (Wildman–Crippen MR) is 117 cm³/mol. The molecule has 0 atom stereocenters. The lowest BCUT2D eigenvalue weighted by atomic mass is 10.1. The Morgan fingerprint density at radius 1 is 1.03 bits per heavy atom. The number of nitriles is 1. The fraction of sp³-hybridized carbons (Fsp3) is 0.333. The second-order valence-corrected chi connectivity index (χ2v) is 7.47. The Hall–Kier alpha value is -3.34. The van der Waals surface area contributed by atoms with Crippen LogP contribution < -0.4 is 15.0 Å². The van der Waals surface area contributed by atoms with Gasteiger partial charge in [-0.2, -0.15) is 10.2 Å². The molecule has 31 heavy (non-hydrogen) atoms. The van der Waals surface area contributed by atoms with Gasteiger partial charge in [-0.05, 0) is 23.3 Å². The fourth-order valence-corrected chi connectivity index (χ4v) is 3.59. The number of aromatic nitrogens is 1. The molecule has 2 N–H and O–H groups in total. The van der Waals surface area contributed by atoms with Gasteiger partial charge in [-0.25, -0.2) is 0 Å². The molecule has 1 fully saturated rings. The second kappa shape index (κ2) is 10.6. The Morgan fingerprint density at radius 3 is 2.52 bits per heavy atom. The molecule has 1 saturated heterocycles. The third-order valence-electron chi connectivity index (χ3n) is 5.29. The highest BCUT2D eigenvalue weighted by Gasteiger charge is 2.15. The van der Waals surface area contributed by atoms with Crippen LogP contribution >= 0.6 is 0 Å². The van der Waals surface area contributed by atoms with E-state index in [9.17, 15) is 5.26 Å². The number of nitrogens with zero attached hydrogens (tertiary/aromatic N) is 2. The van der Waals surface area contributed by atoms with E-state index in [1.165, 1.54) is 0 Å². The number of quaternary nitrogens is 1. The van der Waals surface area contributed by atoms with E-state index in [4.69, 9.17) is 13.9 Å². The fourth-order valence-electron chi connectivity index (χ4n) is 3.59. The first kappa shape index (κ1) is 20.9. The average molecular weight is 420 g/mol. The molecular formula is C24H27N4O3+. The van der Waals surface area contributed by atoms with Gasteiger partial charge in [0, 0.05) is 13.0 Å². The molecule has 7 nitrogen and oxygen atoms in total. The van der Waals surface area contributed by atoms with E-state index < -0.39 is 0 Å². The largest absolute Gasteiger partial charge is 0.484 e. The lowest BCUT2D eigenvalue weighted by Gasteiger charge is -2.23. The summed E-state index contributed by atoms with van der Waals surface area (Å²) < 4.78 is 16.9. The maximum Gasteiger partial charge on any atom is 0.236 e. The van der Waals surface area contributed by atoms with Gasteiger partial charge in [-0.15, -0.1) is 0 Å². The minimum absolute atomic E-state index is 0.166. The Bertz CT molecular complexity index is 990. The summed E-state index contributed by atoms with van der Waals surface area (Å²) in [4.78, 5) is 5.79. The van der Waals surface area contributed by atoms with Crippen LogP contribution in [0, 0.1) is 11.3 Å².